The number of benzene rings is 7. The van der Waals surface area contributed by atoms with Gasteiger partial charge in [-0.3, -0.25) is 0 Å². The Bertz CT molecular complexity index is 2780. The van der Waals surface area contributed by atoms with Crippen molar-refractivity contribution >= 4 is 51.0 Å². The minimum absolute atomic E-state index is 0.763. The van der Waals surface area contributed by atoms with Gasteiger partial charge in [-0.1, -0.05) is 140 Å². The second-order valence-electron chi connectivity index (χ2n) is 13.8. The molecular weight excluding hydrogens is 623 g/mol. The predicted molar refractivity (Wildman–Crippen MR) is 212 cm³/mol. The van der Waals surface area contributed by atoms with Crippen LogP contribution in [0.5, 0.6) is 0 Å². The van der Waals surface area contributed by atoms with Crippen LogP contribution in [0.25, 0.3) is 83.3 Å². The third-order valence-corrected chi connectivity index (χ3v) is 14.1. The molecule has 0 spiro atoms. The highest BCUT2D eigenvalue weighted by Crippen LogP contribution is 2.40. The quantitative estimate of drug-likeness (QED) is 0.177. The van der Waals surface area contributed by atoms with Gasteiger partial charge in [0.25, 0.3) is 0 Å². The molecule has 0 fully saturated rings. The van der Waals surface area contributed by atoms with Gasteiger partial charge in [-0.15, -0.1) is 0 Å². The molecule has 3 nitrogen and oxygen atoms in total. The van der Waals surface area contributed by atoms with E-state index < -0.39 is 8.07 Å². The molecule has 4 heteroatoms. The first kappa shape index (κ1) is 28.9. The molecule has 0 bridgehead atoms. The van der Waals surface area contributed by atoms with E-state index in [0.717, 1.165) is 39.6 Å². The van der Waals surface area contributed by atoms with E-state index in [1.165, 1.54) is 54.1 Å². The van der Waals surface area contributed by atoms with E-state index in [1.807, 2.05) is 0 Å². The summed E-state index contributed by atoms with van der Waals surface area (Å²) in [6.45, 7) is 4.86. The molecule has 10 rings (SSSR count). The maximum atomic E-state index is 5.38. The van der Waals surface area contributed by atoms with Gasteiger partial charge in [0.1, 0.15) is 8.07 Å². The molecule has 0 saturated carbocycles. The Morgan fingerprint density at radius 3 is 2.00 bits per heavy atom. The number of fused-ring (bicyclic) bond motifs is 8. The lowest BCUT2D eigenvalue weighted by Gasteiger charge is -2.21. The van der Waals surface area contributed by atoms with Crippen LogP contribution in [-0.4, -0.2) is 22.6 Å². The molecule has 0 saturated heterocycles. The van der Waals surface area contributed by atoms with Crippen molar-refractivity contribution in [1.82, 2.24) is 14.5 Å². The molecule has 0 unspecified atom stereocenters. The molecule has 1 aliphatic rings. The Morgan fingerprint density at radius 2 is 1.14 bits per heavy atom. The summed E-state index contributed by atoms with van der Waals surface area (Å²) in [4.78, 5) is 10.7. The van der Waals surface area contributed by atoms with Crippen LogP contribution in [0.4, 0.5) is 0 Å². The maximum Gasteiger partial charge on any atom is 0.160 e. The van der Waals surface area contributed by atoms with Crippen molar-refractivity contribution in [3.63, 3.8) is 0 Å². The Balaban J connectivity index is 1.18. The molecule has 0 atom stereocenters. The third kappa shape index (κ3) is 4.28. The highest BCUT2D eigenvalue weighted by molar-refractivity contribution is 7.04. The zero-order chi connectivity index (χ0) is 33.4. The molecule has 0 radical (unpaired) electrons. The molecule has 0 N–H and O–H groups in total. The highest BCUT2D eigenvalue weighted by atomic mass is 28.3. The van der Waals surface area contributed by atoms with Crippen molar-refractivity contribution in [3.05, 3.63) is 164 Å². The van der Waals surface area contributed by atoms with Crippen LogP contribution < -0.4 is 10.4 Å². The predicted octanol–water partition coefficient (Wildman–Crippen LogP) is 10.5. The van der Waals surface area contributed by atoms with E-state index in [-0.39, 0.29) is 0 Å². The standard InChI is InChI=1S/C46H33N3Si/c1-50(2)41-23-12-11-22-37(41)44-45(50)43(31-15-5-3-6-16-31)47-46(48-44)34-18-13-17-32(28-34)33-25-26-39-38(29-33)42-36-21-10-9-14-30(36)24-27-40(42)49(39)35-19-7-4-8-20-35/h3-29H,1-2H3. The van der Waals surface area contributed by atoms with Gasteiger partial charge in [-0.25, -0.2) is 9.97 Å². The minimum atomic E-state index is -2.01. The number of hydrogen-bond acceptors (Lipinski definition) is 2. The number of para-hydroxylation sites is 1. The summed E-state index contributed by atoms with van der Waals surface area (Å²) < 4.78 is 2.39. The van der Waals surface area contributed by atoms with E-state index in [9.17, 15) is 0 Å². The zero-order valence-corrected chi connectivity index (χ0v) is 28.9. The Kier molecular flexibility index (Phi) is 6.33. The van der Waals surface area contributed by atoms with Gasteiger partial charge in [0.05, 0.1) is 22.4 Å². The molecule has 236 valence electrons. The largest absolute Gasteiger partial charge is 0.309 e. The van der Waals surface area contributed by atoms with Gasteiger partial charge in [-0.2, -0.15) is 0 Å². The topological polar surface area (TPSA) is 30.7 Å². The second kappa shape index (κ2) is 11.0. The summed E-state index contributed by atoms with van der Waals surface area (Å²) in [5.41, 5.74) is 11.4. The van der Waals surface area contributed by atoms with Crippen molar-refractivity contribution in [3.8, 4) is 50.7 Å². The van der Waals surface area contributed by atoms with Crippen LogP contribution in [-0.2, 0) is 0 Å². The fourth-order valence-electron chi connectivity index (χ4n) is 8.21. The van der Waals surface area contributed by atoms with Crippen molar-refractivity contribution in [2.75, 3.05) is 0 Å². The third-order valence-electron chi connectivity index (χ3n) is 10.6. The van der Waals surface area contributed by atoms with Crippen molar-refractivity contribution in [2.45, 2.75) is 13.1 Å². The summed E-state index contributed by atoms with van der Waals surface area (Å²) in [6.07, 6.45) is 0. The molecule has 7 aromatic carbocycles. The van der Waals surface area contributed by atoms with Crippen LogP contribution in [0.1, 0.15) is 0 Å². The number of hydrogen-bond donors (Lipinski definition) is 0. The van der Waals surface area contributed by atoms with E-state index in [1.54, 1.807) is 0 Å². The summed E-state index contributed by atoms with van der Waals surface area (Å²) in [6, 6.07) is 59.0. The van der Waals surface area contributed by atoms with Crippen LogP contribution >= 0.6 is 0 Å². The van der Waals surface area contributed by atoms with Gasteiger partial charge < -0.3 is 4.57 Å². The zero-order valence-electron chi connectivity index (χ0n) is 27.9. The lowest BCUT2D eigenvalue weighted by Crippen LogP contribution is -2.50. The summed E-state index contributed by atoms with van der Waals surface area (Å²) in [7, 11) is -2.01. The molecular formula is C46H33N3Si. The maximum absolute atomic E-state index is 5.38. The van der Waals surface area contributed by atoms with E-state index in [0.29, 0.717) is 0 Å². The fraction of sp³-hybridized carbons (Fsp3) is 0.0435. The lowest BCUT2D eigenvalue weighted by atomic mass is 9.98. The van der Waals surface area contributed by atoms with Crippen molar-refractivity contribution in [2.24, 2.45) is 0 Å². The van der Waals surface area contributed by atoms with Gasteiger partial charge in [0, 0.05) is 27.6 Å². The van der Waals surface area contributed by atoms with Crippen LogP contribution in [0.3, 0.4) is 0 Å². The minimum Gasteiger partial charge on any atom is -0.309 e. The Hall–Kier alpha value is -6.10. The molecule has 50 heavy (non-hydrogen) atoms. The highest BCUT2D eigenvalue weighted by Gasteiger charge is 2.41. The second-order valence-corrected chi connectivity index (χ2v) is 18.1. The van der Waals surface area contributed by atoms with Gasteiger partial charge in [0.15, 0.2) is 5.82 Å². The summed E-state index contributed by atoms with van der Waals surface area (Å²) in [5.74, 6) is 0.763. The van der Waals surface area contributed by atoms with Crippen LogP contribution in [0, 0.1) is 0 Å². The van der Waals surface area contributed by atoms with Crippen LogP contribution in [0.15, 0.2) is 164 Å². The SMILES string of the molecule is C[Si]1(C)c2ccccc2-c2nc(-c3cccc(-c4ccc5c(c4)c4c6ccccc6ccc4n5-c4ccccc4)c3)nc(-c3ccccc3)c21. The van der Waals surface area contributed by atoms with Gasteiger partial charge >= 0.3 is 0 Å². The normalized spacial score (nSPS) is 13.2. The smallest absolute Gasteiger partial charge is 0.160 e. The molecule has 3 heterocycles. The molecule has 1 aliphatic heterocycles. The summed E-state index contributed by atoms with van der Waals surface area (Å²) in [5, 5.41) is 7.80. The van der Waals surface area contributed by atoms with Gasteiger partial charge in [0.2, 0.25) is 0 Å². The number of aromatic nitrogens is 3. The Morgan fingerprint density at radius 1 is 0.480 bits per heavy atom. The van der Waals surface area contributed by atoms with Gasteiger partial charge in [-0.05, 0) is 74.2 Å². The first-order valence-corrected chi connectivity index (χ1v) is 20.3. The summed E-state index contributed by atoms with van der Waals surface area (Å²) >= 11 is 0. The fourth-order valence-corrected chi connectivity index (χ4v) is 11.4. The monoisotopic (exact) mass is 655 g/mol. The average Bonchev–Trinajstić information content (AvgIpc) is 3.64. The first-order chi connectivity index (χ1) is 24.6. The molecule has 0 aliphatic carbocycles. The number of nitrogens with zero attached hydrogens (tertiary/aromatic N) is 3. The van der Waals surface area contributed by atoms with Crippen molar-refractivity contribution in [1.29, 1.82) is 0 Å². The first-order valence-electron chi connectivity index (χ1n) is 17.3. The lowest BCUT2D eigenvalue weighted by molar-refractivity contribution is 1.18. The van der Waals surface area contributed by atoms with E-state index in [4.69, 9.17) is 9.97 Å². The molecule has 0 amide bonds. The molecule has 2 aromatic heterocycles. The van der Waals surface area contributed by atoms with Crippen LogP contribution in [0.2, 0.25) is 13.1 Å². The van der Waals surface area contributed by atoms with Crippen molar-refractivity contribution < 1.29 is 0 Å². The average molecular weight is 656 g/mol. The Labute approximate surface area is 292 Å². The van der Waals surface area contributed by atoms with E-state index in [2.05, 4.69) is 181 Å². The number of rotatable bonds is 4. The van der Waals surface area contributed by atoms with E-state index >= 15 is 0 Å². The molecule has 9 aromatic rings.